The standard InChI is InChI=1S/C15H16ClNO3S/c1-11-5-6-13(10-18)8-15(11)21(19,20)17-9-12-3-2-4-14(16)7-12/h2-8,17-18H,9-10H2,1H3. The molecule has 2 rings (SSSR count). The van der Waals surface area contributed by atoms with Gasteiger partial charge in [-0.3, -0.25) is 0 Å². The highest BCUT2D eigenvalue weighted by atomic mass is 35.5. The van der Waals surface area contributed by atoms with Crippen LogP contribution in [-0.2, 0) is 23.2 Å². The molecule has 0 spiro atoms. The fourth-order valence-corrected chi connectivity index (χ4v) is 3.46. The van der Waals surface area contributed by atoms with Crippen LogP contribution in [-0.4, -0.2) is 13.5 Å². The zero-order valence-electron chi connectivity index (χ0n) is 11.5. The van der Waals surface area contributed by atoms with Gasteiger partial charge in [0.25, 0.3) is 0 Å². The monoisotopic (exact) mass is 325 g/mol. The zero-order valence-corrected chi connectivity index (χ0v) is 13.1. The molecule has 2 aromatic carbocycles. The van der Waals surface area contributed by atoms with E-state index in [1.54, 1.807) is 43.3 Å². The summed E-state index contributed by atoms with van der Waals surface area (Å²) in [4.78, 5) is 0.177. The molecule has 0 saturated heterocycles. The first kappa shape index (κ1) is 16.0. The lowest BCUT2D eigenvalue weighted by Crippen LogP contribution is -2.24. The number of halogens is 1. The molecule has 0 aliphatic carbocycles. The minimum Gasteiger partial charge on any atom is -0.392 e. The molecule has 0 aliphatic rings. The molecule has 0 heterocycles. The van der Waals surface area contributed by atoms with Gasteiger partial charge in [-0.05, 0) is 41.8 Å². The lowest BCUT2D eigenvalue weighted by atomic mass is 10.2. The van der Waals surface area contributed by atoms with Crippen molar-refractivity contribution in [2.45, 2.75) is 25.0 Å². The van der Waals surface area contributed by atoms with Gasteiger partial charge in [0.1, 0.15) is 0 Å². The van der Waals surface area contributed by atoms with Gasteiger partial charge in [0.2, 0.25) is 10.0 Å². The molecule has 2 N–H and O–H groups in total. The third-order valence-electron chi connectivity index (χ3n) is 3.08. The highest BCUT2D eigenvalue weighted by Crippen LogP contribution is 2.18. The van der Waals surface area contributed by atoms with Crippen molar-refractivity contribution >= 4 is 21.6 Å². The first-order valence-corrected chi connectivity index (χ1v) is 8.23. The van der Waals surface area contributed by atoms with Gasteiger partial charge in [0.05, 0.1) is 11.5 Å². The van der Waals surface area contributed by atoms with Crippen LogP contribution >= 0.6 is 11.6 Å². The predicted octanol–water partition coefficient (Wildman–Crippen LogP) is 2.62. The van der Waals surface area contributed by atoms with E-state index in [4.69, 9.17) is 16.7 Å². The van der Waals surface area contributed by atoms with E-state index in [9.17, 15) is 8.42 Å². The SMILES string of the molecule is Cc1ccc(CO)cc1S(=O)(=O)NCc1cccc(Cl)c1. The molecule has 0 atom stereocenters. The molecule has 21 heavy (non-hydrogen) atoms. The summed E-state index contributed by atoms with van der Waals surface area (Å²) >= 11 is 5.87. The molecule has 0 radical (unpaired) electrons. The van der Waals surface area contributed by atoms with E-state index in [-0.39, 0.29) is 18.0 Å². The van der Waals surface area contributed by atoms with Gasteiger partial charge in [-0.1, -0.05) is 35.9 Å². The minimum atomic E-state index is -3.64. The van der Waals surface area contributed by atoms with E-state index in [1.807, 2.05) is 0 Å². The lowest BCUT2D eigenvalue weighted by Gasteiger charge is -2.11. The Labute approximate surface area is 129 Å². The van der Waals surface area contributed by atoms with E-state index in [0.29, 0.717) is 16.1 Å². The van der Waals surface area contributed by atoms with Crippen LogP contribution in [0.3, 0.4) is 0 Å². The lowest BCUT2D eigenvalue weighted by molar-refractivity contribution is 0.281. The molecular formula is C15H16ClNO3S. The van der Waals surface area contributed by atoms with Crippen LogP contribution in [0.1, 0.15) is 16.7 Å². The highest BCUT2D eigenvalue weighted by molar-refractivity contribution is 7.89. The molecule has 0 saturated carbocycles. The van der Waals surface area contributed by atoms with Crippen LogP contribution in [0.5, 0.6) is 0 Å². The summed E-state index contributed by atoms with van der Waals surface area (Å²) in [6, 6.07) is 11.9. The Kier molecular flexibility index (Phi) is 5.00. The molecule has 0 aromatic heterocycles. The number of hydrogen-bond donors (Lipinski definition) is 2. The number of aliphatic hydroxyl groups is 1. The molecule has 0 fully saturated rings. The van der Waals surface area contributed by atoms with Crippen LogP contribution in [0.2, 0.25) is 5.02 Å². The fourth-order valence-electron chi connectivity index (χ4n) is 1.94. The van der Waals surface area contributed by atoms with Gasteiger partial charge in [-0.2, -0.15) is 0 Å². The number of aryl methyl sites for hydroxylation is 1. The van der Waals surface area contributed by atoms with Crippen molar-refractivity contribution in [1.29, 1.82) is 0 Å². The van der Waals surface area contributed by atoms with E-state index in [0.717, 1.165) is 5.56 Å². The minimum absolute atomic E-state index is 0.158. The summed E-state index contributed by atoms with van der Waals surface area (Å²) in [5.41, 5.74) is 1.97. The van der Waals surface area contributed by atoms with Crippen LogP contribution < -0.4 is 4.72 Å². The van der Waals surface area contributed by atoms with Crippen molar-refractivity contribution in [1.82, 2.24) is 4.72 Å². The van der Waals surface area contributed by atoms with Gasteiger partial charge < -0.3 is 5.11 Å². The Morgan fingerprint density at radius 2 is 1.90 bits per heavy atom. The van der Waals surface area contributed by atoms with Crippen molar-refractivity contribution < 1.29 is 13.5 Å². The quantitative estimate of drug-likeness (QED) is 0.888. The molecule has 112 valence electrons. The maximum absolute atomic E-state index is 12.4. The largest absolute Gasteiger partial charge is 0.392 e. The van der Waals surface area contributed by atoms with Gasteiger partial charge in [-0.25, -0.2) is 13.1 Å². The number of benzene rings is 2. The van der Waals surface area contributed by atoms with E-state index < -0.39 is 10.0 Å². The molecule has 2 aromatic rings. The Hall–Kier alpha value is -1.40. The molecule has 6 heteroatoms. The van der Waals surface area contributed by atoms with Crippen molar-refractivity contribution in [2.24, 2.45) is 0 Å². The fraction of sp³-hybridized carbons (Fsp3) is 0.200. The van der Waals surface area contributed by atoms with Crippen LogP contribution in [0, 0.1) is 6.92 Å². The van der Waals surface area contributed by atoms with Crippen LogP contribution in [0.4, 0.5) is 0 Å². The Morgan fingerprint density at radius 1 is 1.14 bits per heavy atom. The second kappa shape index (κ2) is 6.58. The van der Waals surface area contributed by atoms with Gasteiger partial charge in [0, 0.05) is 11.6 Å². The molecule has 0 bridgehead atoms. The van der Waals surface area contributed by atoms with Crippen molar-refractivity contribution in [2.75, 3.05) is 0 Å². The molecule has 0 aliphatic heterocycles. The summed E-state index contributed by atoms with van der Waals surface area (Å²) in [6.45, 7) is 1.68. The summed E-state index contributed by atoms with van der Waals surface area (Å²) in [7, 11) is -3.64. The summed E-state index contributed by atoms with van der Waals surface area (Å²) < 4.78 is 27.3. The topological polar surface area (TPSA) is 66.4 Å². The number of sulfonamides is 1. The predicted molar refractivity (Wildman–Crippen MR) is 82.6 cm³/mol. The van der Waals surface area contributed by atoms with Gasteiger partial charge in [-0.15, -0.1) is 0 Å². The average molecular weight is 326 g/mol. The average Bonchev–Trinajstić information content (AvgIpc) is 2.46. The summed E-state index contributed by atoms with van der Waals surface area (Å²) in [5, 5.41) is 9.69. The van der Waals surface area contributed by atoms with Crippen molar-refractivity contribution in [3.63, 3.8) is 0 Å². The summed E-state index contributed by atoms with van der Waals surface area (Å²) in [5.74, 6) is 0. The van der Waals surface area contributed by atoms with Crippen LogP contribution in [0.15, 0.2) is 47.4 Å². The van der Waals surface area contributed by atoms with Gasteiger partial charge >= 0.3 is 0 Å². The Morgan fingerprint density at radius 3 is 2.57 bits per heavy atom. The molecule has 4 nitrogen and oxygen atoms in total. The van der Waals surface area contributed by atoms with Crippen molar-refractivity contribution in [3.8, 4) is 0 Å². The van der Waals surface area contributed by atoms with E-state index in [2.05, 4.69) is 4.72 Å². The number of rotatable bonds is 5. The second-order valence-electron chi connectivity index (χ2n) is 4.71. The van der Waals surface area contributed by atoms with Crippen molar-refractivity contribution in [3.05, 3.63) is 64.2 Å². The second-order valence-corrected chi connectivity index (χ2v) is 6.88. The third kappa shape index (κ3) is 4.04. The first-order valence-electron chi connectivity index (χ1n) is 6.37. The smallest absolute Gasteiger partial charge is 0.241 e. The Balaban J connectivity index is 2.22. The number of hydrogen-bond acceptors (Lipinski definition) is 3. The first-order chi connectivity index (χ1) is 9.92. The van der Waals surface area contributed by atoms with E-state index in [1.165, 1.54) is 6.07 Å². The third-order valence-corrected chi connectivity index (χ3v) is 4.86. The van der Waals surface area contributed by atoms with Crippen LogP contribution in [0.25, 0.3) is 0 Å². The number of aliphatic hydroxyl groups excluding tert-OH is 1. The molecule has 0 amide bonds. The Bertz CT molecular complexity index is 744. The normalized spacial score (nSPS) is 11.6. The maximum atomic E-state index is 12.4. The zero-order chi connectivity index (χ0) is 15.5. The summed E-state index contributed by atoms with van der Waals surface area (Å²) in [6.07, 6.45) is 0. The number of nitrogens with one attached hydrogen (secondary N) is 1. The van der Waals surface area contributed by atoms with E-state index >= 15 is 0 Å². The van der Waals surface area contributed by atoms with Gasteiger partial charge in [0.15, 0.2) is 0 Å². The molecule has 0 unspecified atom stereocenters. The highest BCUT2D eigenvalue weighted by Gasteiger charge is 2.17. The molecular weight excluding hydrogens is 310 g/mol. The maximum Gasteiger partial charge on any atom is 0.241 e.